The average Bonchev–Trinajstić information content (AvgIpc) is 1.69. The molecule has 0 aliphatic heterocycles. The Morgan fingerprint density at radius 1 is 0.589 bits per heavy atom. The van der Waals surface area contributed by atoms with Crippen molar-refractivity contribution in [3.05, 3.63) is 117 Å². The molecule has 6 atom stereocenters. The van der Waals surface area contributed by atoms with Crippen molar-refractivity contribution in [2.75, 3.05) is 7.05 Å². The second-order valence-corrected chi connectivity index (χ2v) is 27.8. The van der Waals surface area contributed by atoms with E-state index in [4.69, 9.17) is 44.6 Å². The van der Waals surface area contributed by atoms with Gasteiger partial charge >= 0.3 is 0 Å². The summed E-state index contributed by atoms with van der Waals surface area (Å²) in [7, 11) is 8.53. The number of ketones is 2. The van der Waals surface area contributed by atoms with E-state index in [9.17, 15) is 9.59 Å². The van der Waals surface area contributed by atoms with E-state index in [-0.39, 0.29) is 57.7 Å². The van der Waals surface area contributed by atoms with Crippen LogP contribution in [-0.2, 0) is 78.1 Å². The van der Waals surface area contributed by atoms with Crippen LogP contribution in [0.2, 0.25) is 0 Å². The summed E-state index contributed by atoms with van der Waals surface area (Å²) in [4.78, 5) is 46.4. The topological polar surface area (TPSA) is 247 Å². The average molecular weight is 1230 g/mol. The van der Waals surface area contributed by atoms with Crippen molar-refractivity contribution in [3.8, 4) is 34.6 Å². The fourth-order valence-corrected chi connectivity index (χ4v) is 16.0. The largest absolute Gasteiger partial charge is 0.361 e. The molecular formula is C67H95N19O4. The molecule has 90 heavy (non-hydrogen) atoms. The normalized spacial score (nSPS) is 24.4. The van der Waals surface area contributed by atoms with Crippen LogP contribution in [0.25, 0.3) is 44.2 Å². The highest BCUT2D eigenvalue weighted by Crippen LogP contribution is 2.59. The number of nitrogens with one attached hydrogen (secondary N) is 1. The number of allylic oxidation sites excluding steroid dienone is 4. The summed E-state index contributed by atoms with van der Waals surface area (Å²) in [6.45, 7) is 50.6. The van der Waals surface area contributed by atoms with Gasteiger partial charge in [-0.25, -0.2) is 44.2 Å². The van der Waals surface area contributed by atoms with Crippen molar-refractivity contribution >= 4 is 11.6 Å². The number of aromatic nitrogens is 16. The Hall–Kier alpha value is -8.02. The van der Waals surface area contributed by atoms with Crippen LogP contribution in [0.5, 0.6) is 0 Å². The van der Waals surface area contributed by atoms with Gasteiger partial charge in [-0.3, -0.25) is 14.0 Å². The number of hydrogen-bond acceptors (Lipinski definition) is 15. The van der Waals surface area contributed by atoms with E-state index in [1.165, 1.54) is 31.3 Å². The van der Waals surface area contributed by atoms with Crippen LogP contribution in [0.1, 0.15) is 209 Å². The lowest BCUT2D eigenvalue weighted by Gasteiger charge is -2.51. The fourth-order valence-electron chi connectivity index (χ4n) is 16.0. The van der Waals surface area contributed by atoms with Crippen molar-refractivity contribution in [1.29, 1.82) is 0 Å². The van der Waals surface area contributed by atoms with E-state index in [2.05, 4.69) is 116 Å². The third-order valence-electron chi connectivity index (χ3n) is 20.2. The first-order chi connectivity index (χ1) is 42.9. The monoisotopic (exact) mass is 1230 g/mol. The molecule has 0 fully saturated rings. The maximum Gasteiger partial charge on any atom is 0.226 e. The van der Waals surface area contributed by atoms with Gasteiger partial charge in [0.05, 0.1) is 36.4 Å². The van der Waals surface area contributed by atoms with Crippen molar-refractivity contribution in [1.82, 2.24) is 84.3 Å². The Balaban J connectivity index is 0.000000167. The SMILES string of the molecule is CC.CC(C)n1cnc(-c2c3c(nn2C)[C@@]2(C)Cc4cnoc4C(C)(C)[C@@H]2CC3)n1.CNO.[3H]C.[C-]#[N+]C1=C[C@]2(C)c3nn(C)c(-c4ncn(C(C)C)n4)c3CC[C@H]2C(C)(C)C1=O.[C-]#[N+]C1=C[C@]2(C)c3nn(C)c(-c4ncn(C(C)C)n4)c3CC[C@H]2C(C)(C)C1=O. The standard InChI is InChI=1S/C21H28N6O.2C21H26N6O.C2H6.CH5NO.CH4/c1-12(2)27-11-22-19(25-27)16-14-7-8-15-20(3,4)18-13(10-23-28-18)9-21(15,5)17(14)24-26(16)6;2*1-12(2)27-11-23-19(25-27)16-13-8-9-15-20(3,4)18(28)14(22-6)10-21(15,5)17(13)24-26(16)7;1-2;1-2-3;/h10-12,15H,7-9H2,1-6H3;2*10-12,15H,8-9H2,1-5,7H3;1-2H3;2-3H,1H3;1H4/t3*15-,21-;;;/m000.../s1/i;;;;;1T. The van der Waals surface area contributed by atoms with Gasteiger partial charge in [0.25, 0.3) is 0 Å². The molecule has 0 aromatic carbocycles. The van der Waals surface area contributed by atoms with Crippen LogP contribution in [0.3, 0.4) is 0 Å². The molecule has 0 bridgehead atoms. The summed E-state index contributed by atoms with van der Waals surface area (Å²) in [6.07, 6.45) is 17.3. The molecule has 23 nitrogen and oxygen atoms in total. The minimum Gasteiger partial charge on any atom is -0.361 e. The zero-order valence-corrected chi connectivity index (χ0v) is 57.1. The molecule has 23 heteroatoms. The molecule has 0 saturated heterocycles. The lowest BCUT2D eigenvalue weighted by molar-refractivity contribution is -0.129. The van der Waals surface area contributed by atoms with Crippen LogP contribution in [0.15, 0.2) is 53.2 Å². The first kappa shape index (κ1) is 66.4. The predicted molar refractivity (Wildman–Crippen MR) is 344 cm³/mol. The molecule has 7 aromatic rings. The molecule has 0 spiro atoms. The molecular weight excluding hydrogens is 1130 g/mol. The summed E-state index contributed by atoms with van der Waals surface area (Å²) in [5.41, 5.74) is 10.8. The van der Waals surface area contributed by atoms with Gasteiger partial charge in [0.1, 0.15) is 41.8 Å². The van der Waals surface area contributed by atoms with Crippen LogP contribution < -0.4 is 5.48 Å². The third kappa shape index (κ3) is 10.8. The number of nitrogens with zero attached hydrogens (tertiary/aromatic N) is 18. The molecule has 6 aliphatic rings. The highest BCUT2D eigenvalue weighted by molar-refractivity contribution is 6.03. The van der Waals surface area contributed by atoms with Gasteiger partial charge in [-0.05, 0) is 104 Å². The van der Waals surface area contributed by atoms with Crippen LogP contribution in [0, 0.1) is 41.7 Å². The van der Waals surface area contributed by atoms with Gasteiger partial charge in [-0.1, -0.05) is 101 Å². The Kier molecular flexibility index (Phi) is 18.2. The molecule has 482 valence electrons. The minimum atomic E-state index is -0.587. The lowest BCUT2D eigenvalue weighted by Crippen LogP contribution is -2.51. The summed E-state index contributed by atoms with van der Waals surface area (Å²) < 4.78 is 22.7. The highest BCUT2D eigenvalue weighted by Gasteiger charge is 2.59. The number of hydroxylamine groups is 1. The van der Waals surface area contributed by atoms with Gasteiger partial charge in [-0.2, -0.15) is 15.3 Å². The number of Topliss-reactive ketones (excluding diaryl/α,β-unsaturated/α-hetero) is 2. The zero-order chi connectivity index (χ0) is 67.4. The summed E-state index contributed by atoms with van der Waals surface area (Å²) in [5, 5.41) is 40.2. The highest BCUT2D eigenvalue weighted by atomic mass is 16.5. The minimum absolute atomic E-state index is 0.0493. The molecule has 0 radical (unpaired) electrons. The summed E-state index contributed by atoms with van der Waals surface area (Å²) in [5.74, 6) is 3.73. The second-order valence-electron chi connectivity index (χ2n) is 27.8. The molecule has 7 aromatic heterocycles. The number of carbonyl (C=O) groups is 2. The van der Waals surface area contributed by atoms with Crippen LogP contribution in [-0.4, -0.2) is 103 Å². The molecule has 13 rings (SSSR count). The Labute approximate surface area is 532 Å². The van der Waals surface area contributed by atoms with Gasteiger partial charge in [0.2, 0.25) is 11.4 Å². The van der Waals surface area contributed by atoms with Crippen molar-refractivity contribution in [2.45, 2.75) is 210 Å². The van der Waals surface area contributed by atoms with Crippen molar-refractivity contribution in [3.63, 3.8) is 0 Å². The smallest absolute Gasteiger partial charge is 0.226 e. The van der Waals surface area contributed by atoms with E-state index in [0.29, 0.717) is 23.6 Å². The molecule has 0 unspecified atom stereocenters. The van der Waals surface area contributed by atoms with Gasteiger partial charge in [0, 0.05) is 102 Å². The first-order valence-corrected chi connectivity index (χ1v) is 31.4. The van der Waals surface area contributed by atoms with E-state index in [1.807, 2.05) is 115 Å². The molecule has 0 amide bonds. The first-order valence-electron chi connectivity index (χ1n) is 32.4. The van der Waals surface area contributed by atoms with Gasteiger partial charge in [-0.15, -0.1) is 15.3 Å². The maximum absolute atomic E-state index is 12.8. The quantitative estimate of drug-likeness (QED) is 0.116. The maximum atomic E-state index is 12.8. The van der Waals surface area contributed by atoms with E-state index in [1.54, 1.807) is 18.1 Å². The zero-order valence-electron chi connectivity index (χ0n) is 58.1. The number of carbonyl (C=O) groups excluding carboxylic acids is 2. The number of hydrogen-bond donors (Lipinski definition) is 2. The van der Waals surface area contributed by atoms with Gasteiger partial charge in [0.15, 0.2) is 29.0 Å². The van der Waals surface area contributed by atoms with Crippen molar-refractivity contribution in [2.24, 2.45) is 49.7 Å². The van der Waals surface area contributed by atoms with E-state index < -0.39 is 21.7 Å². The van der Waals surface area contributed by atoms with Crippen molar-refractivity contribution < 1.29 is 20.7 Å². The molecule has 2 N–H and O–H groups in total. The van der Waals surface area contributed by atoms with E-state index in [0.717, 1.165) is 96.1 Å². The molecule has 0 saturated carbocycles. The number of aryl methyl sites for hydroxylation is 3. The van der Waals surface area contributed by atoms with Crippen LogP contribution >= 0.6 is 0 Å². The fraction of sp³-hybridized carbons (Fsp3) is 0.612. The Morgan fingerprint density at radius 2 is 0.922 bits per heavy atom. The summed E-state index contributed by atoms with van der Waals surface area (Å²) in [6, 6.07) is 0.765. The lowest BCUT2D eigenvalue weighted by atomic mass is 9.51. The molecule has 7 heterocycles. The number of fused-ring (bicyclic) bond motifs is 10. The predicted octanol–water partition coefficient (Wildman–Crippen LogP) is 11.8. The Morgan fingerprint density at radius 3 is 1.26 bits per heavy atom. The second kappa shape index (κ2) is 24.6. The molecule has 6 aliphatic carbocycles. The number of rotatable bonds is 6. The van der Waals surface area contributed by atoms with E-state index >= 15 is 0 Å². The third-order valence-corrected chi connectivity index (χ3v) is 20.2. The summed E-state index contributed by atoms with van der Waals surface area (Å²) >= 11 is 0. The van der Waals surface area contributed by atoms with Crippen LogP contribution in [0.4, 0.5) is 0 Å². The Bertz CT molecular complexity index is 3820. The van der Waals surface area contributed by atoms with Gasteiger partial charge < -0.3 is 19.3 Å².